The van der Waals surface area contributed by atoms with Crippen LogP contribution in [0.5, 0.6) is 11.8 Å². The number of alkyl halides is 4. The smallest absolute Gasteiger partial charge is 0.418 e. The Kier molecular flexibility index (Phi) is 10.2. The first-order valence-corrected chi connectivity index (χ1v) is 17.2. The van der Waals surface area contributed by atoms with Crippen LogP contribution in [0.2, 0.25) is 0 Å². The summed E-state index contributed by atoms with van der Waals surface area (Å²) in [5, 5.41) is 9.61. The molecule has 3 aliphatic rings. The van der Waals surface area contributed by atoms with Gasteiger partial charge in [0.1, 0.15) is 30.2 Å². The van der Waals surface area contributed by atoms with Crippen LogP contribution >= 0.6 is 0 Å². The van der Waals surface area contributed by atoms with Crippen molar-refractivity contribution in [1.82, 2.24) is 24.8 Å². The minimum atomic E-state index is -4.64. The molecule has 4 heterocycles. The van der Waals surface area contributed by atoms with E-state index in [-0.39, 0.29) is 61.4 Å². The van der Waals surface area contributed by atoms with E-state index in [9.17, 15) is 27.5 Å². The number of halogens is 4. The SMILES string of the molecule is COc1ccc(N(C)c2cc(C)c(C(F)(F)F)c(C3Cc4nc(OC[C@@H]5C[C@@H](F)CN5C)nc(N5CCN(C(=O)O)C[C@@H]5C)c4CC3C)n2)cc1. The Morgan fingerprint density at radius 2 is 1.80 bits per heavy atom. The van der Waals surface area contributed by atoms with Crippen LogP contribution in [0.15, 0.2) is 30.3 Å². The van der Waals surface area contributed by atoms with Gasteiger partial charge in [-0.25, -0.2) is 14.2 Å². The summed E-state index contributed by atoms with van der Waals surface area (Å²) < 4.78 is 70.0. The maximum Gasteiger partial charge on any atom is 0.418 e. The highest BCUT2D eigenvalue weighted by atomic mass is 19.4. The normalized spacial score (nSPS) is 24.0. The van der Waals surface area contributed by atoms with Crippen LogP contribution < -0.4 is 19.3 Å². The van der Waals surface area contributed by atoms with Gasteiger partial charge in [0.05, 0.1) is 24.1 Å². The number of carboxylic acid groups (broad SMARTS) is 1. The van der Waals surface area contributed by atoms with Gasteiger partial charge < -0.3 is 29.3 Å². The number of ether oxygens (including phenoxy) is 2. The summed E-state index contributed by atoms with van der Waals surface area (Å²) in [6, 6.07) is 8.32. The van der Waals surface area contributed by atoms with Gasteiger partial charge in [-0.15, -0.1) is 0 Å². The molecule has 0 bridgehead atoms. The third kappa shape index (κ3) is 7.49. The standard InChI is InChI=1S/C36H45F4N7O4/c1-20-13-28-29(16-27(20)32-31(36(38,39)40)21(2)14-30(42-32)45(5)24-7-9-26(50-6)10-8-24)41-34(51-19-25-15-23(37)18-44(25)4)43-33(28)47-12-11-46(35(48)49)17-22(47)3/h7-10,14,20,22-23,25,27H,11-13,15-19H2,1-6H3,(H,48,49)/t20?,22-,23+,25-,27?/m0/s1. The number of rotatable bonds is 8. The largest absolute Gasteiger partial charge is 0.497 e. The number of methoxy groups -OCH3 is 1. The van der Waals surface area contributed by atoms with Crippen molar-refractivity contribution in [2.24, 2.45) is 5.92 Å². The summed E-state index contributed by atoms with van der Waals surface area (Å²) in [6.45, 7) is 6.67. The van der Waals surface area contributed by atoms with Gasteiger partial charge in [0.15, 0.2) is 0 Å². The van der Waals surface area contributed by atoms with Crippen molar-refractivity contribution in [3.05, 3.63) is 58.4 Å². The van der Waals surface area contributed by atoms with Crippen LogP contribution in [0.3, 0.4) is 0 Å². The van der Waals surface area contributed by atoms with E-state index in [1.54, 1.807) is 31.2 Å². The zero-order valence-electron chi connectivity index (χ0n) is 29.7. The van der Waals surface area contributed by atoms with E-state index < -0.39 is 29.9 Å². The molecule has 2 saturated heterocycles. The second kappa shape index (κ2) is 14.3. The first kappa shape index (κ1) is 36.4. The predicted molar refractivity (Wildman–Crippen MR) is 184 cm³/mol. The molecule has 15 heteroatoms. The summed E-state index contributed by atoms with van der Waals surface area (Å²) in [5.74, 6) is 0.716. The Hall–Kier alpha value is -4.40. The van der Waals surface area contributed by atoms with Crippen molar-refractivity contribution in [1.29, 1.82) is 0 Å². The van der Waals surface area contributed by atoms with Crippen molar-refractivity contribution in [2.45, 2.75) is 70.4 Å². The van der Waals surface area contributed by atoms with E-state index in [0.717, 1.165) is 11.3 Å². The van der Waals surface area contributed by atoms with Gasteiger partial charge in [-0.3, -0.25) is 4.90 Å². The molecule has 6 rings (SSSR count). The average molecular weight is 716 g/mol. The quantitative estimate of drug-likeness (QED) is 0.275. The second-order valence-electron chi connectivity index (χ2n) is 14.1. The van der Waals surface area contributed by atoms with Gasteiger partial charge in [0.25, 0.3) is 0 Å². The van der Waals surface area contributed by atoms with E-state index in [1.165, 1.54) is 17.9 Å². The molecule has 1 aliphatic carbocycles. The molecule has 2 aromatic heterocycles. The van der Waals surface area contributed by atoms with E-state index in [0.29, 0.717) is 49.0 Å². The zero-order chi connectivity index (χ0) is 36.8. The fourth-order valence-corrected chi connectivity index (χ4v) is 7.66. The van der Waals surface area contributed by atoms with Gasteiger partial charge >= 0.3 is 18.3 Å². The number of benzene rings is 1. The highest BCUT2D eigenvalue weighted by Crippen LogP contribution is 2.46. The lowest BCUT2D eigenvalue weighted by Gasteiger charge is -2.41. The fourth-order valence-electron chi connectivity index (χ4n) is 7.66. The Morgan fingerprint density at radius 1 is 1.08 bits per heavy atom. The molecular weight excluding hydrogens is 670 g/mol. The zero-order valence-corrected chi connectivity index (χ0v) is 29.7. The lowest BCUT2D eigenvalue weighted by molar-refractivity contribution is -0.139. The van der Waals surface area contributed by atoms with Crippen LogP contribution in [0, 0.1) is 12.8 Å². The van der Waals surface area contributed by atoms with Gasteiger partial charge in [-0.2, -0.15) is 23.1 Å². The summed E-state index contributed by atoms with van der Waals surface area (Å²) in [7, 11) is 5.16. The second-order valence-corrected chi connectivity index (χ2v) is 14.1. The first-order valence-electron chi connectivity index (χ1n) is 17.2. The van der Waals surface area contributed by atoms with Crippen molar-refractivity contribution in [2.75, 3.05) is 63.8 Å². The molecule has 0 spiro atoms. The summed E-state index contributed by atoms with van der Waals surface area (Å²) in [6.07, 6.45) is -5.75. The van der Waals surface area contributed by atoms with E-state index >= 15 is 0 Å². The fraction of sp³-hybridized carbons (Fsp3) is 0.556. The molecule has 2 unspecified atom stereocenters. The van der Waals surface area contributed by atoms with Gasteiger partial charge in [0, 0.05) is 62.5 Å². The van der Waals surface area contributed by atoms with Crippen molar-refractivity contribution < 1.29 is 36.9 Å². The number of pyridine rings is 1. The number of amides is 1. The summed E-state index contributed by atoms with van der Waals surface area (Å²) >= 11 is 0. The molecule has 2 fully saturated rings. The van der Waals surface area contributed by atoms with E-state index in [1.807, 2.05) is 42.8 Å². The molecule has 276 valence electrons. The van der Waals surface area contributed by atoms with Crippen LogP contribution in [0.1, 0.15) is 54.3 Å². The van der Waals surface area contributed by atoms with Crippen molar-refractivity contribution in [3.63, 3.8) is 0 Å². The number of likely N-dealkylation sites (N-methyl/N-ethyl adjacent to an activating group) is 1. The summed E-state index contributed by atoms with van der Waals surface area (Å²) in [5.41, 5.74) is 1.40. The molecule has 1 aromatic carbocycles. The Balaban J connectivity index is 1.39. The molecule has 0 radical (unpaired) electrons. The van der Waals surface area contributed by atoms with Crippen LogP contribution in [0.4, 0.5) is 39.7 Å². The van der Waals surface area contributed by atoms with Crippen molar-refractivity contribution in [3.8, 4) is 11.8 Å². The Morgan fingerprint density at radius 3 is 2.41 bits per heavy atom. The Bertz CT molecular complexity index is 1740. The van der Waals surface area contributed by atoms with Gasteiger partial charge in [-0.1, -0.05) is 6.92 Å². The number of hydrogen-bond donors (Lipinski definition) is 1. The molecular formula is C36H45F4N7O4. The maximum atomic E-state index is 14.8. The molecule has 11 nitrogen and oxygen atoms in total. The molecule has 2 aliphatic heterocycles. The first-order chi connectivity index (χ1) is 24.1. The lowest BCUT2D eigenvalue weighted by atomic mass is 9.75. The predicted octanol–water partition coefficient (Wildman–Crippen LogP) is 6.10. The van der Waals surface area contributed by atoms with E-state index in [4.69, 9.17) is 24.4 Å². The highest BCUT2D eigenvalue weighted by molar-refractivity contribution is 5.66. The molecule has 1 N–H and O–H groups in total. The van der Waals surface area contributed by atoms with Crippen LogP contribution in [-0.4, -0.2) is 108 Å². The third-order valence-electron chi connectivity index (χ3n) is 10.6. The molecule has 1 amide bonds. The minimum Gasteiger partial charge on any atom is -0.497 e. The number of carbonyl (C=O) groups is 1. The molecule has 5 atom stereocenters. The van der Waals surface area contributed by atoms with Gasteiger partial charge in [0.2, 0.25) is 0 Å². The number of likely N-dealkylation sites (tertiary alicyclic amines) is 1. The van der Waals surface area contributed by atoms with Crippen LogP contribution in [-0.2, 0) is 19.0 Å². The number of piperazine rings is 1. The summed E-state index contributed by atoms with van der Waals surface area (Å²) in [4.78, 5) is 33.1. The number of hydrogen-bond acceptors (Lipinski definition) is 9. The van der Waals surface area contributed by atoms with E-state index in [2.05, 4.69) is 0 Å². The number of nitrogens with zero attached hydrogens (tertiary/aromatic N) is 7. The minimum absolute atomic E-state index is 0.0383. The molecule has 51 heavy (non-hydrogen) atoms. The molecule has 3 aromatic rings. The average Bonchev–Trinajstić information content (AvgIpc) is 3.41. The third-order valence-corrected chi connectivity index (χ3v) is 10.6. The number of fused-ring (bicyclic) bond motifs is 1. The Labute approximate surface area is 295 Å². The maximum absolute atomic E-state index is 14.8. The number of anilines is 3. The number of aromatic nitrogens is 3. The topological polar surface area (TPSA) is 107 Å². The van der Waals surface area contributed by atoms with Crippen LogP contribution in [0.25, 0.3) is 0 Å². The van der Waals surface area contributed by atoms with Gasteiger partial charge in [-0.05, 0) is 82.0 Å². The lowest BCUT2D eigenvalue weighted by Crippen LogP contribution is -2.54. The monoisotopic (exact) mass is 715 g/mol. The highest BCUT2D eigenvalue weighted by Gasteiger charge is 2.43. The van der Waals surface area contributed by atoms with Crippen molar-refractivity contribution >= 4 is 23.4 Å². The molecule has 0 saturated carbocycles. The number of aryl methyl sites for hydroxylation is 1.